The van der Waals surface area contributed by atoms with Crippen LogP contribution in [0.3, 0.4) is 0 Å². The molecule has 1 saturated heterocycles. The van der Waals surface area contributed by atoms with Crippen molar-refractivity contribution < 1.29 is 8.42 Å². The Labute approximate surface area is 142 Å². The van der Waals surface area contributed by atoms with Gasteiger partial charge in [-0.15, -0.1) is 0 Å². The second-order valence-electron chi connectivity index (χ2n) is 5.86. The Morgan fingerprint density at radius 1 is 1.12 bits per heavy atom. The van der Waals surface area contributed by atoms with Gasteiger partial charge in [0, 0.05) is 25.7 Å². The quantitative estimate of drug-likeness (QED) is 0.866. The minimum absolute atomic E-state index is 0.116. The molecule has 3 rings (SSSR count). The summed E-state index contributed by atoms with van der Waals surface area (Å²) in [5.41, 5.74) is 1.01. The fourth-order valence-electron chi connectivity index (χ4n) is 2.74. The third kappa shape index (κ3) is 3.84. The Bertz CT molecular complexity index is 784. The Hall–Kier alpha value is -2.15. The number of nitrogens with zero attached hydrogens (tertiary/aromatic N) is 3. The van der Waals surface area contributed by atoms with E-state index in [1.807, 2.05) is 18.2 Å². The van der Waals surface area contributed by atoms with Crippen LogP contribution < -0.4 is 10.2 Å². The van der Waals surface area contributed by atoms with Crippen LogP contribution in [0.15, 0.2) is 41.6 Å². The number of rotatable bonds is 6. The standard InChI is InChI=1S/C17H22N4O2S/c1-2-24(22,23)15-7-5-14(6-8-15)12-18-16-11-17(20-13-19-16)21-9-3-4-10-21/h5-8,11,13H,2-4,9-10,12H2,1H3,(H,18,19,20). The van der Waals surface area contributed by atoms with Gasteiger partial charge >= 0.3 is 0 Å². The van der Waals surface area contributed by atoms with Crippen LogP contribution in [0.25, 0.3) is 0 Å². The summed E-state index contributed by atoms with van der Waals surface area (Å²) in [7, 11) is -3.14. The number of aromatic nitrogens is 2. The molecule has 7 heteroatoms. The van der Waals surface area contributed by atoms with Crippen molar-refractivity contribution in [3.05, 3.63) is 42.2 Å². The van der Waals surface area contributed by atoms with Crippen molar-refractivity contribution in [1.29, 1.82) is 0 Å². The average Bonchev–Trinajstić information content (AvgIpc) is 3.15. The fraction of sp³-hybridized carbons (Fsp3) is 0.412. The first-order chi connectivity index (χ1) is 11.6. The molecule has 1 N–H and O–H groups in total. The number of benzene rings is 1. The highest BCUT2D eigenvalue weighted by molar-refractivity contribution is 7.91. The summed E-state index contributed by atoms with van der Waals surface area (Å²) < 4.78 is 23.6. The molecule has 0 unspecified atom stereocenters. The first kappa shape index (κ1) is 16.7. The first-order valence-corrected chi connectivity index (χ1v) is 9.86. The highest BCUT2D eigenvalue weighted by atomic mass is 32.2. The topological polar surface area (TPSA) is 75.2 Å². The van der Waals surface area contributed by atoms with Gasteiger partial charge in [-0.3, -0.25) is 0 Å². The van der Waals surface area contributed by atoms with Crippen molar-refractivity contribution in [1.82, 2.24) is 9.97 Å². The molecule has 0 saturated carbocycles. The van der Waals surface area contributed by atoms with Crippen molar-refractivity contribution >= 4 is 21.5 Å². The summed E-state index contributed by atoms with van der Waals surface area (Å²) >= 11 is 0. The second kappa shape index (κ2) is 7.17. The number of anilines is 2. The second-order valence-corrected chi connectivity index (χ2v) is 8.13. The van der Waals surface area contributed by atoms with E-state index >= 15 is 0 Å². The molecule has 1 aliphatic rings. The first-order valence-electron chi connectivity index (χ1n) is 8.21. The van der Waals surface area contributed by atoms with Crippen LogP contribution in [-0.4, -0.2) is 37.2 Å². The smallest absolute Gasteiger partial charge is 0.178 e. The van der Waals surface area contributed by atoms with Crippen LogP contribution >= 0.6 is 0 Å². The zero-order valence-electron chi connectivity index (χ0n) is 13.8. The third-order valence-electron chi connectivity index (χ3n) is 4.22. The van der Waals surface area contributed by atoms with E-state index in [0.717, 1.165) is 30.3 Å². The summed E-state index contributed by atoms with van der Waals surface area (Å²) in [6.45, 7) is 4.33. The molecule has 1 fully saturated rings. The molecule has 24 heavy (non-hydrogen) atoms. The van der Waals surface area contributed by atoms with Gasteiger partial charge < -0.3 is 10.2 Å². The minimum Gasteiger partial charge on any atom is -0.366 e. The number of nitrogens with one attached hydrogen (secondary N) is 1. The fourth-order valence-corrected chi connectivity index (χ4v) is 3.62. The van der Waals surface area contributed by atoms with Crippen molar-refractivity contribution in [2.75, 3.05) is 29.1 Å². The lowest BCUT2D eigenvalue weighted by Crippen LogP contribution is -2.19. The molecule has 2 heterocycles. The molecule has 1 aliphatic heterocycles. The normalized spacial score (nSPS) is 14.8. The SMILES string of the molecule is CCS(=O)(=O)c1ccc(CNc2cc(N3CCCC3)ncn2)cc1. The van der Waals surface area contributed by atoms with Crippen LogP contribution in [0, 0.1) is 0 Å². The Morgan fingerprint density at radius 3 is 2.50 bits per heavy atom. The summed E-state index contributed by atoms with van der Waals surface area (Å²) in [4.78, 5) is 11.2. The van der Waals surface area contributed by atoms with E-state index < -0.39 is 9.84 Å². The van der Waals surface area contributed by atoms with Gasteiger partial charge in [0.1, 0.15) is 18.0 Å². The maximum absolute atomic E-state index is 11.8. The lowest BCUT2D eigenvalue weighted by Gasteiger charge is -2.16. The van der Waals surface area contributed by atoms with Crippen LogP contribution in [0.1, 0.15) is 25.3 Å². The Morgan fingerprint density at radius 2 is 1.83 bits per heavy atom. The largest absolute Gasteiger partial charge is 0.366 e. The molecule has 0 bridgehead atoms. The molecule has 0 spiro atoms. The molecule has 0 radical (unpaired) electrons. The zero-order valence-corrected chi connectivity index (χ0v) is 14.6. The van der Waals surface area contributed by atoms with Gasteiger partial charge in [0.25, 0.3) is 0 Å². The predicted octanol–water partition coefficient (Wildman–Crippen LogP) is 2.48. The molecule has 1 aromatic carbocycles. The van der Waals surface area contributed by atoms with Crippen molar-refractivity contribution in [2.24, 2.45) is 0 Å². The molecular formula is C17H22N4O2S. The van der Waals surface area contributed by atoms with Gasteiger partial charge in [-0.25, -0.2) is 18.4 Å². The van der Waals surface area contributed by atoms with E-state index in [-0.39, 0.29) is 5.75 Å². The molecular weight excluding hydrogens is 324 g/mol. The van der Waals surface area contributed by atoms with Crippen molar-refractivity contribution in [3.63, 3.8) is 0 Å². The van der Waals surface area contributed by atoms with E-state index in [1.165, 1.54) is 12.8 Å². The lowest BCUT2D eigenvalue weighted by molar-refractivity contribution is 0.597. The van der Waals surface area contributed by atoms with Gasteiger partial charge in [0.05, 0.1) is 10.6 Å². The summed E-state index contributed by atoms with van der Waals surface area (Å²) in [5, 5.41) is 3.27. The molecule has 0 aliphatic carbocycles. The monoisotopic (exact) mass is 346 g/mol. The predicted molar refractivity (Wildman–Crippen MR) is 95.0 cm³/mol. The Kier molecular flexibility index (Phi) is 4.99. The van der Waals surface area contributed by atoms with Crippen LogP contribution in [0.4, 0.5) is 11.6 Å². The summed E-state index contributed by atoms with van der Waals surface area (Å²) in [5.74, 6) is 1.84. The van der Waals surface area contributed by atoms with Crippen LogP contribution in [0.5, 0.6) is 0 Å². The van der Waals surface area contributed by atoms with Crippen molar-refractivity contribution in [3.8, 4) is 0 Å². The van der Waals surface area contributed by atoms with Crippen molar-refractivity contribution in [2.45, 2.75) is 31.2 Å². The van der Waals surface area contributed by atoms with E-state index in [9.17, 15) is 8.42 Å². The Balaban J connectivity index is 1.64. The summed E-state index contributed by atoms with van der Waals surface area (Å²) in [6.07, 6.45) is 3.99. The van der Waals surface area contributed by atoms with Gasteiger partial charge in [-0.1, -0.05) is 19.1 Å². The van der Waals surface area contributed by atoms with Gasteiger partial charge in [-0.2, -0.15) is 0 Å². The maximum atomic E-state index is 11.8. The molecule has 128 valence electrons. The maximum Gasteiger partial charge on any atom is 0.178 e. The minimum atomic E-state index is -3.14. The molecule has 6 nitrogen and oxygen atoms in total. The summed E-state index contributed by atoms with van der Waals surface area (Å²) in [6, 6.07) is 8.94. The highest BCUT2D eigenvalue weighted by Gasteiger charge is 2.14. The number of sulfone groups is 1. The molecule has 1 aromatic heterocycles. The van der Waals surface area contributed by atoms with Crippen LogP contribution in [0.2, 0.25) is 0 Å². The number of hydrogen-bond donors (Lipinski definition) is 1. The third-order valence-corrected chi connectivity index (χ3v) is 5.97. The van der Waals surface area contributed by atoms with Crippen LogP contribution in [-0.2, 0) is 16.4 Å². The van der Waals surface area contributed by atoms with Gasteiger partial charge in [0.15, 0.2) is 9.84 Å². The van der Waals surface area contributed by atoms with Gasteiger partial charge in [0.2, 0.25) is 0 Å². The molecule has 0 atom stereocenters. The molecule has 2 aromatic rings. The highest BCUT2D eigenvalue weighted by Crippen LogP contribution is 2.20. The van der Waals surface area contributed by atoms with Gasteiger partial charge in [-0.05, 0) is 30.5 Å². The molecule has 0 amide bonds. The zero-order chi connectivity index (χ0) is 17.0. The van der Waals surface area contributed by atoms with E-state index in [1.54, 1.807) is 25.4 Å². The van der Waals surface area contributed by atoms with E-state index in [4.69, 9.17) is 0 Å². The van der Waals surface area contributed by atoms with E-state index in [0.29, 0.717) is 11.4 Å². The van der Waals surface area contributed by atoms with E-state index in [2.05, 4.69) is 20.2 Å². The lowest BCUT2D eigenvalue weighted by atomic mass is 10.2. The number of hydrogen-bond acceptors (Lipinski definition) is 6. The average molecular weight is 346 g/mol.